The van der Waals surface area contributed by atoms with Crippen molar-refractivity contribution in [2.24, 2.45) is 5.92 Å². The Morgan fingerprint density at radius 3 is 3.05 bits per heavy atom. The lowest BCUT2D eigenvalue weighted by Crippen LogP contribution is -2.38. The fourth-order valence-corrected chi connectivity index (χ4v) is 3.49. The van der Waals surface area contributed by atoms with E-state index in [4.69, 9.17) is 5.11 Å². The van der Waals surface area contributed by atoms with Gasteiger partial charge in [0, 0.05) is 19.0 Å². The van der Waals surface area contributed by atoms with Gasteiger partial charge in [-0.25, -0.2) is 0 Å². The van der Waals surface area contributed by atoms with E-state index >= 15 is 0 Å². The fourth-order valence-electron chi connectivity index (χ4n) is 3.49. The van der Waals surface area contributed by atoms with Crippen LogP contribution in [0.5, 0.6) is 0 Å². The summed E-state index contributed by atoms with van der Waals surface area (Å²) in [5.74, 6) is 1.22. The lowest BCUT2D eigenvalue weighted by atomic mass is 9.85. The minimum Gasteiger partial charge on any atom is -0.481 e. The number of nitrogens with one attached hydrogen (secondary N) is 1. The Balaban J connectivity index is 1.63. The van der Waals surface area contributed by atoms with Crippen LogP contribution < -0.4 is 5.32 Å². The van der Waals surface area contributed by atoms with E-state index in [1.165, 1.54) is 0 Å². The van der Waals surface area contributed by atoms with Crippen molar-refractivity contribution in [3.8, 4) is 0 Å². The first-order chi connectivity index (χ1) is 9.65. The Labute approximate surface area is 118 Å². The molecule has 1 aliphatic carbocycles. The average Bonchev–Trinajstić information content (AvgIpc) is 3.00. The van der Waals surface area contributed by atoms with Gasteiger partial charge in [0.2, 0.25) is 0 Å². The quantitative estimate of drug-likeness (QED) is 0.873. The van der Waals surface area contributed by atoms with E-state index < -0.39 is 5.97 Å². The van der Waals surface area contributed by atoms with Crippen molar-refractivity contribution in [1.29, 1.82) is 0 Å². The highest BCUT2D eigenvalue weighted by atomic mass is 16.4. The first-order valence-electron chi connectivity index (χ1n) is 7.56. The van der Waals surface area contributed by atoms with E-state index in [0.717, 1.165) is 56.7 Å². The van der Waals surface area contributed by atoms with E-state index in [0.29, 0.717) is 0 Å². The van der Waals surface area contributed by atoms with Gasteiger partial charge in [-0.15, -0.1) is 10.2 Å². The third-order valence-corrected chi connectivity index (χ3v) is 4.53. The minimum atomic E-state index is -0.660. The van der Waals surface area contributed by atoms with Gasteiger partial charge in [0.1, 0.15) is 11.6 Å². The second-order valence-corrected chi connectivity index (χ2v) is 6.02. The number of hydrogen-bond acceptors (Lipinski definition) is 4. The highest BCUT2D eigenvalue weighted by Gasteiger charge is 2.29. The van der Waals surface area contributed by atoms with E-state index in [1.54, 1.807) is 0 Å². The maximum atomic E-state index is 11.1. The number of carbonyl (C=O) groups is 1. The molecule has 3 atom stereocenters. The molecule has 6 nitrogen and oxygen atoms in total. The summed E-state index contributed by atoms with van der Waals surface area (Å²) in [6.07, 6.45) is 5.73. The molecule has 2 aliphatic rings. The van der Waals surface area contributed by atoms with Crippen LogP contribution in [-0.2, 0) is 17.8 Å². The first-order valence-corrected chi connectivity index (χ1v) is 7.56. The maximum absolute atomic E-state index is 11.1. The van der Waals surface area contributed by atoms with Crippen LogP contribution in [0.3, 0.4) is 0 Å². The van der Waals surface area contributed by atoms with Crippen molar-refractivity contribution in [3.05, 3.63) is 11.6 Å². The van der Waals surface area contributed by atoms with Crippen LogP contribution in [0.15, 0.2) is 0 Å². The monoisotopic (exact) mass is 278 g/mol. The smallest absolute Gasteiger partial charge is 0.306 e. The van der Waals surface area contributed by atoms with Gasteiger partial charge < -0.3 is 15.0 Å². The predicted octanol–water partition coefficient (Wildman–Crippen LogP) is 1.52. The number of rotatable bonds is 4. The number of nitrogens with zero attached hydrogens (tertiary/aromatic N) is 3. The van der Waals surface area contributed by atoms with E-state index in [2.05, 4.69) is 27.0 Å². The minimum absolute atomic E-state index is 0.131. The summed E-state index contributed by atoms with van der Waals surface area (Å²) >= 11 is 0. The molecule has 0 amide bonds. The molecule has 6 heteroatoms. The molecule has 0 aromatic carbocycles. The average molecular weight is 278 g/mol. The number of aliphatic carboxylic acids is 1. The first kappa shape index (κ1) is 13.5. The van der Waals surface area contributed by atoms with Crippen molar-refractivity contribution in [1.82, 2.24) is 20.1 Å². The zero-order chi connectivity index (χ0) is 14.1. The van der Waals surface area contributed by atoms with Gasteiger partial charge in [-0.2, -0.15) is 0 Å². The highest BCUT2D eigenvalue weighted by molar-refractivity contribution is 5.70. The second kappa shape index (κ2) is 5.52. The lowest BCUT2D eigenvalue weighted by molar-refractivity contribution is -0.143. The normalized spacial score (nSPS) is 27.2. The molecule has 1 saturated carbocycles. The molecule has 0 spiro atoms. The van der Waals surface area contributed by atoms with Crippen LogP contribution in [0.4, 0.5) is 0 Å². The van der Waals surface area contributed by atoms with Gasteiger partial charge in [-0.1, -0.05) is 6.42 Å². The molecule has 1 aliphatic heterocycles. The Morgan fingerprint density at radius 2 is 2.25 bits per heavy atom. The fraction of sp³-hybridized carbons (Fsp3) is 0.786. The molecule has 3 unspecified atom stereocenters. The molecule has 2 N–H and O–H groups in total. The Kier molecular flexibility index (Phi) is 3.74. The number of fused-ring (bicyclic) bond motifs is 1. The summed E-state index contributed by atoms with van der Waals surface area (Å²) in [6, 6.07) is 0.404. The lowest BCUT2D eigenvalue weighted by Gasteiger charge is -2.29. The second-order valence-electron chi connectivity index (χ2n) is 6.02. The molecular weight excluding hydrogens is 256 g/mol. The van der Waals surface area contributed by atoms with E-state index in [9.17, 15) is 4.79 Å². The molecule has 0 saturated heterocycles. The van der Waals surface area contributed by atoms with Crippen LogP contribution in [0.2, 0.25) is 0 Å². The number of aromatic nitrogens is 3. The topological polar surface area (TPSA) is 80.0 Å². The summed E-state index contributed by atoms with van der Waals surface area (Å²) < 4.78 is 2.20. The van der Waals surface area contributed by atoms with Gasteiger partial charge in [0.15, 0.2) is 0 Å². The highest BCUT2D eigenvalue weighted by Crippen LogP contribution is 2.27. The van der Waals surface area contributed by atoms with Crippen molar-refractivity contribution < 1.29 is 9.90 Å². The molecule has 0 radical (unpaired) electrons. The number of carboxylic acid groups (broad SMARTS) is 1. The van der Waals surface area contributed by atoms with E-state index in [1.807, 2.05) is 0 Å². The van der Waals surface area contributed by atoms with Crippen LogP contribution in [0, 0.1) is 5.92 Å². The zero-order valence-corrected chi connectivity index (χ0v) is 11.9. The van der Waals surface area contributed by atoms with Gasteiger partial charge in [0.05, 0.1) is 12.0 Å². The molecule has 1 aromatic heterocycles. The molecule has 1 fully saturated rings. The van der Waals surface area contributed by atoms with Crippen molar-refractivity contribution in [2.45, 2.75) is 64.1 Å². The summed E-state index contributed by atoms with van der Waals surface area (Å²) in [7, 11) is 0. The largest absolute Gasteiger partial charge is 0.481 e. The summed E-state index contributed by atoms with van der Waals surface area (Å²) in [5, 5.41) is 21.2. The van der Waals surface area contributed by atoms with Crippen molar-refractivity contribution >= 4 is 5.97 Å². The maximum Gasteiger partial charge on any atom is 0.306 e. The molecule has 20 heavy (non-hydrogen) atoms. The summed E-state index contributed by atoms with van der Waals surface area (Å²) in [4.78, 5) is 11.1. The van der Waals surface area contributed by atoms with E-state index in [-0.39, 0.29) is 18.0 Å². The van der Waals surface area contributed by atoms with Crippen LogP contribution in [-0.4, -0.2) is 31.9 Å². The van der Waals surface area contributed by atoms with Gasteiger partial charge in [-0.3, -0.25) is 4.79 Å². The zero-order valence-electron chi connectivity index (χ0n) is 11.9. The third-order valence-electron chi connectivity index (χ3n) is 4.53. The van der Waals surface area contributed by atoms with Crippen molar-refractivity contribution in [3.63, 3.8) is 0 Å². The predicted molar refractivity (Wildman–Crippen MR) is 73.3 cm³/mol. The van der Waals surface area contributed by atoms with Crippen LogP contribution in [0.25, 0.3) is 0 Å². The third kappa shape index (κ3) is 2.57. The van der Waals surface area contributed by atoms with Gasteiger partial charge in [0.25, 0.3) is 0 Å². The number of aryl methyl sites for hydroxylation is 1. The van der Waals surface area contributed by atoms with Crippen molar-refractivity contribution in [2.75, 3.05) is 0 Å². The molecule has 2 heterocycles. The summed E-state index contributed by atoms with van der Waals surface area (Å²) in [5.41, 5.74) is 0. The molecular formula is C14H22N4O2. The summed E-state index contributed by atoms with van der Waals surface area (Å²) in [6.45, 7) is 3.10. The number of hydrogen-bond donors (Lipinski definition) is 2. The molecule has 0 bridgehead atoms. The van der Waals surface area contributed by atoms with Crippen LogP contribution >= 0.6 is 0 Å². The van der Waals surface area contributed by atoms with Gasteiger partial charge in [-0.05, 0) is 32.6 Å². The Morgan fingerprint density at radius 1 is 1.40 bits per heavy atom. The van der Waals surface area contributed by atoms with Gasteiger partial charge >= 0.3 is 5.97 Å². The Hall–Kier alpha value is -1.43. The number of carboxylic acids is 1. The molecule has 1 aromatic rings. The SMILES string of the molecule is CC(NC1CCCC(C(=O)O)C1)c1nnc2n1CCC2. The standard InChI is InChI=1S/C14H22N4O2/c1-9(13-17-16-12-6-3-7-18(12)13)15-11-5-2-4-10(8-11)14(19)20/h9-11,15H,2-8H2,1H3,(H,19,20). The van der Waals surface area contributed by atoms with Crippen LogP contribution in [0.1, 0.15) is 56.7 Å². The molecule has 3 rings (SSSR count). The Bertz CT molecular complexity index is 499. The molecule has 110 valence electrons.